The third kappa shape index (κ3) is 4.05. The summed E-state index contributed by atoms with van der Waals surface area (Å²) in [5, 5.41) is 5.51. The highest BCUT2D eigenvalue weighted by Crippen LogP contribution is 2.35. The first kappa shape index (κ1) is 20.4. The van der Waals surface area contributed by atoms with E-state index in [0.717, 1.165) is 0 Å². The van der Waals surface area contributed by atoms with Gasteiger partial charge < -0.3 is 19.8 Å². The molecule has 0 radical (unpaired) electrons. The SMILES string of the molecule is Cc1cc2c(cc1S(=O)(=O)N1CCC(C(=O)NCc3ccco3)CC1)OCC(=O)N2. The Bertz CT molecular complexity index is 1060. The van der Waals surface area contributed by atoms with Gasteiger partial charge >= 0.3 is 0 Å². The number of hydrogen-bond acceptors (Lipinski definition) is 6. The molecule has 2 N–H and O–H groups in total. The molecule has 160 valence electrons. The third-order valence-electron chi connectivity index (χ3n) is 5.37. The molecule has 0 saturated carbocycles. The summed E-state index contributed by atoms with van der Waals surface area (Å²) in [6, 6.07) is 6.60. The number of carbonyl (C=O) groups excluding carboxylic acids is 2. The fraction of sp³-hybridized carbons (Fsp3) is 0.400. The molecular weight excluding hydrogens is 410 g/mol. The smallest absolute Gasteiger partial charge is 0.262 e. The van der Waals surface area contributed by atoms with Gasteiger partial charge in [-0.15, -0.1) is 0 Å². The van der Waals surface area contributed by atoms with Crippen LogP contribution in [0.5, 0.6) is 5.75 Å². The van der Waals surface area contributed by atoms with Crippen molar-refractivity contribution in [3.63, 3.8) is 0 Å². The molecule has 2 aliphatic heterocycles. The maximum absolute atomic E-state index is 13.2. The monoisotopic (exact) mass is 433 g/mol. The maximum Gasteiger partial charge on any atom is 0.262 e. The molecule has 0 bridgehead atoms. The molecule has 10 heteroatoms. The summed E-state index contributed by atoms with van der Waals surface area (Å²) in [5.74, 6) is 0.396. The van der Waals surface area contributed by atoms with Crippen molar-refractivity contribution < 1.29 is 27.2 Å². The second-order valence-electron chi connectivity index (χ2n) is 7.43. The topological polar surface area (TPSA) is 118 Å². The normalized spacial score (nSPS) is 17.7. The van der Waals surface area contributed by atoms with Gasteiger partial charge in [0.1, 0.15) is 11.5 Å². The summed E-state index contributed by atoms with van der Waals surface area (Å²) < 4.78 is 38.3. The Morgan fingerprint density at radius 1 is 1.30 bits per heavy atom. The fourth-order valence-electron chi connectivity index (χ4n) is 3.72. The van der Waals surface area contributed by atoms with E-state index in [1.807, 2.05) is 0 Å². The minimum absolute atomic E-state index is 0.0995. The molecule has 1 fully saturated rings. The number of furan rings is 1. The second kappa shape index (κ2) is 8.11. The number of ether oxygens (including phenoxy) is 1. The summed E-state index contributed by atoms with van der Waals surface area (Å²) >= 11 is 0. The van der Waals surface area contributed by atoms with E-state index in [4.69, 9.17) is 9.15 Å². The molecule has 1 aromatic heterocycles. The minimum atomic E-state index is -3.74. The molecule has 9 nitrogen and oxygen atoms in total. The number of benzene rings is 1. The highest BCUT2D eigenvalue weighted by atomic mass is 32.2. The van der Waals surface area contributed by atoms with Crippen LogP contribution in [0.15, 0.2) is 39.8 Å². The Morgan fingerprint density at radius 3 is 2.77 bits per heavy atom. The van der Waals surface area contributed by atoms with Crippen LogP contribution in [-0.2, 0) is 26.2 Å². The molecule has 0 aliphatic carbocycles. The molecule has 3 heterocycles. The predicted molar refractivity (Wildman–Crippen MR) is 107 cm³/mol. The molecule has 0 spiro atoms. The van der Waals surface area contributed by atoms with E-state index in [0.29, 0.717) is 42.1 Å². The van der Waals surface area contributed by atoms with Crippen molar-refractivity contribution in [3.05, 3.63) is 41.9 Å². The summed E-state index contributed by atoms with van der Waals surface area (Å²) in [4.78, 5) is 24.0. The number of anilines is 1. The van der Waals surface area contributed by atoms with E-state index < -0.39 is 10.0 Å². The van der Waals surface area contributed by atoms with Gasteiger partial charge in [0.05, 0.1) is 23.4 Å². The van der Waals surface area contributed by atoms with Crippen LogP contribution >= 0.6 is 0 Å². The second-order valence-corrected chi connectivity index (χ2v) is 9.33. The van der Waals surface area contributed by atoms with Crippen LogP contribution in [0.25, 0.3) is 0 Å². The van der Waals surface area contributed by atoms with Crippen LogP contribution in [0.4, 0.5) is 5.69 Å². The van der Waals surface area contributed by atoms with E-state index in [9.17, 15) is 18.0 Å². The summed E-state index contributed by atoms with van der Waals surface area (Å²) in [6.45, 7) is 2.37. The summed E-state index contributed by atoms with van der Waals surface area (Å²) in [5.41, 5.74) is 0.993. The van der Waals surface area contributed by atoms with Gasteiger partial charge in [0.2, 0.25) is 15.9 Å². The first-order chi connectivity index (χ1) is 14.3. The molecule has 1 saturated heterocycles. The lowest BCUT2D eigenvalue weighted by Gasteiger charge is -2.31. The van der Waals surface area contributed by atoms with Crippen LogP contribution in [0.2, 0.25) is 0 Å². The van der Waals surface area contributed by atoms with Crippen molar-refractivity contribution in [1.29, 1.82) is 0 Å². The van der Waals surface area contributed by atoms with E-state index >= 15 is 0 Å². The van der Waals surface area contributed by atoms with Gasteiger partial charge in [-0.1, -0.05) is 0 Å². The van der Waals surface area contributed by atoms with Gasteiger partial charge in [-0.3, -0.25) is 9.59 Å². The molecular formula is C20H23N3O6S. The van der Waals surface area contributed by atoms with Crippen molar-refractivity contribution in [3.8, 4) is 5.75 Å². The molecule has 1 aromatic carbocycles. The zero-order valence-electron chi connectivity index (χ0n) is 16.5. The molecule has 0 atom stereocenters. The standard InChI is InChI=1S/C20H23N3O6S/c1-13-9-16-17(29-12-19(24)22-16)10-18(13)30(26,27)23-6-4-14(5-7-23)20(25)21-11-15-3-2-8-28-15/h2-3,8-10,14H,4-7,11-12H2,1H3,(H,21,25)(H,22,24). The largest absolute Gasteiger partial charge is 0.482 e. The number of fused-ring (bicyclic) bond motifs is 1. The van der Waals surface area contributed by atoms with E-state index in [1.54, 1.807) is 31.4 Å². The molecule has 2 aromatic rings. The number of rotatable bonds is 5. The number of sulfonamides is 1. The lowest BCUT2D eigenvalue weighted by atomic mass is 9.97. The van der Waals surface area contributed by atoms with Crippen LogP contribution in [0.1, 0.15) is 24.2 Å². The Hall–Kier alpha value is -2.85. The van der Waals surface area contributed by atoms with Gasteiger partial charge in [0.15, 0.2) is 6.61 Å². The van der Waals surface area contributed by atoms with Crippen LogP contribution in [0.3, 0.4) is 0 Å². The highest BCUT2D eigenvalue weighted by molar-refractivity contribution is 7.89. The zero-order valence-corrected chi connectivity index (χ0v) is 17.3. The van der Waals surface area contributed by atoms with Crippen LogP contribution in [-0.4, -0.2) is 44.2 Å². The van der Waals surface area contributed by atoms with E-state index in [-0.39, 0.29) is 42.3 Å². The Kier molecular flexibility index (Phi) is 5.52. The predicted octanol–water partition coefficient (Wildman–Crippen LogP) is 1.64. The number of aryl methyl sites for hydroxylation is 1. The number of nitrogens with one attached hydrogen (secondary N) is 2. The minimum Gasteiger partial charge on any atom is -0.482 e. The van der Waals surface area contributed by atoms with Gasteiger partial charge in [-0.05, 0) is 43.5 Å². The lowest BCUT2D eigenvalue weighted by Crippen LogP contribution is -2.43. The van der Waals surface area contributed by atoms with Crippen molar-refractivity contribution >= 4 is 27.5 Å². The zero-order chi connectivity index (χ0) is 21.3. The maximum atomic E-state index is 13.2. The summed E-state index contributed by atoms with van der Waals surface area (Å²) in [6.07, 6.45) is 2.44. The Balaban J connectivity index is 1.41. The average Bonchev–Trinajstić information content (AvgIpc) is 3.25. The van der Waals surface area contributed by atoms with Crippen molar-refractivity contribution in [2.24, 2.45) is 5.92 Å². The van der Waals surface area contributed by atoms with Crippen LogP contribution < -0.4 is 15.4 Å². The molecule has 2 aliphatic rings. The lowest BCUT2D eigenvalue weighted by molar-refractivity contribution is -0.126. The van der Waals surface area contributed by atoms with Crippen molar-refractivity contribution in [2.75, 3.05) is 25.0 Å². The highest BCUT2D eigenvalue weighted by Gasteiger charge is 2.34. The Morgan fingerprint density at radius 2 is 2.07 bits per heavy atom. The van der Waals surface area contributed by atoms with Crippen molar-refractivity contribution in [2.45, 2.75) is 31.2 Å². The first-order valence-electron chi connectivity index (χ1n) is 9.72. The molecule has 4 rings (SSSR count). The van der Waals surface area contributed by atoms with Crippen LogP contribution in [0, 0.1) is 12.8 Å². The van der Waals surface area contributed by atoms with Gasteiger partial charge in [0, 0.05) is 25.1 Å². The number of carbonyl (C=O) groups is 2. The number of amides is 2. The molecule has 2 amide bonds. The van der Waals surface area contributed by atoms with Gasteiger partial charge in [-0.25, -0.2) is 8.42 Å². The quantitative estimate of drug-likeness (QED) is 0.740. The average molecular weight is 433 g/mol. The number of hydrogen-bond donors (Lipinski definition) is 2. The number of nitrogens with zero attached hydrogens (tertiary/aromatic N) is 1. The molecule has 30 heavy (non-hydrogen) atoms. The van der Waals surface area contributed by atoms with Crippen molar-refractivity contribution in [1.82, 2.24) is 9.62 Å². The Labute approximate surface area is 174 Å². The summed E-state index contributed by atoms with van der Waals surface area (Å²) in [7, 11) is -3.74. The first-order valence-corrected chi connectivity index (χ1v) is 11.2. The fourth-order valence-corrected chi connectivity index (χ4v) is 5.41. The van der Waals surface area contributed by atoms with Gasteiger partial charge in [0.25, 0.3) is 5.91 Å². The van der Waals surface area contributed by atoms with Gasteiger partial charge in [-0.2, -0.15) is 4.31 Å². The third-order valence-corrected chi connectivity index (χ3v) is 7.41. The van der Waals surface area contributed by atoms with E-state index in [1.165, 1.54) is 10.4 Å². The van der Waals surface area contributed by atoms with E-state index in [2.05, 4.69) is 10.6 Å². The molecule has 0 unspecified atom stereocenters. The number of piperidine rings is 1.